The standard InChI is InChI=1S/C2H8O6SSi/c1-2-8-9(3,4)10(5,6)7/h5-7H,2H2,1H3. The molecule has 0 aromatic rings. The summed E-state index contributed by atoms with van der Waals surface area (Å²) in [4.78, 5) is 24.6. The summed E-state index contributed by atoms with van der Waals surface area (Å²) in [5.74, 6) is 0. The summed E-state index contributed by atoms with van der Waals surface area (Å²) in [6.45, 7) is 1.11. The van der Waals surface area contributed by atoms with Gasteiger partial charge in [-0.3, -0.25) is 4.18 Å². The van der Waals surface area contributed by atoms with Crippen LogP contribution < -0.4 is 0 Å². The Bertz CT molecular complexity index is 188. The zero-order valence-corrected chi connectivity index (χ0v) is 7.00. The van der Waals surface area contributed by atoms with Gasteiger partial charge in [0.25, 0.3) is 0 Å². The fourth-order valence-corrected chi connectivity index (χ4v) is 1.53. The molecule has 0 radical (unpaired) electrons. The van der Waals surface area contributed by atoms with Crippen LogP contribution in [0.2, 0.25) is 0 Å². The van der Waals surface area contributed by atoms with E-state index in [-0.39, 0.29) is 6.61 Å². The molecule has 0 rings (SSSR count). The van der Waals surface area contributed by atoms with Crippen LogP contribution in [0.4, 0.5) is 0 Å². The van der Waals surface area contributed by atoms with Crippen molar-refractivity contribution in [1.82, 2.24) is 0 Å². The molecule has 0 unspecified atom stereocenters. The third kappa shape index (κ3) is 2.32. The maximum absolute atomic E-state index is 10.3. The van der Waals surface area contributed by atoms with Crippen LogP contribution in [0.15, 0.2) is 0 Å². The topological polar surface area (TPSA) is 104 Å². The van der Waals surface area contributed by atoms with Crippen LogP contribution in [-0.2, 0) is 13.8 Å². The second kappa shape index (κ2) is 2.94. The van der Waals surface area contributed by atoms with Crippen LogP contribution in [0.1, 0.15) is 6.92 Å². The molecule has 0 heterocycles. The van der Waals surface area contributed by atoms with Gasteiger partial charge in [0.05, 0.1) is 6.61 Å². The largest absolute Gasteiger partial charge is 0.659 e. The molecule has 0 fully saturated rings. The van der Waals surface area contributed by atoms with E-state index in [9.17, 15) is 8.42 Å². The van der Waals surface area contributed by atoms with E-state index in [1.54, 1.807) is 0 Å². The Balaban J connectivity index is 4.44. The summed E-state index contributed by atoms with van der Waals surface area (Å²) in [6.07, 6.45) is 0. The van der Waals surface area contributed by atoms with Crippen LogP contribution >= 0.6 is 0 Å². The molecule has 0 spiro atoms. The van der Waals surface area contributed by atoms with Crippen molar-refractivity contribution in [2.45, 2.75) is 6.92 Å². The maximum atomic E-state index is 10.3. The first kappa shape index (κ1) is 10.0. The first-order valence-electron chi connectivity index (χ1n) is 2.37. The Hall–Kier alpha value is 0.00688. The summed E-state index contributed by atoms with van der Waals surface area (Å²) in [6, 6.07) is 0. The van der Waals surface area contributed by atoms with Gasteiger partial charge >= 0.3 is 17.5 Å². The lowest BCUT2D eigenvalue weighted by Gasteiger charge is -2.07. The predicted molar refractivity (Wildman–Crippen MR) is 33.0 cm³/mol. The summed E-state index contributed by atoms with van der Waals surface area (Å²) < 4.78 is 24.6. The van der Waals surface area contributed by atoms with Crippen molar-refractivity contribution in [3.05, 3.63) is 0 Å². The molecule has 0 aliphatic carbocycles. The minimum absolute atomic E-state index is 0.237. The highest BCUT2D eigenvalue weighted by Gasteiger charge is 2.47. The van der Waals surface area contributed by atoms with Gasteiger partial charge in [0.1, 0.15) is 0 Å². The van der Waals surface area contributed by atoms with E-state index < -0.39 is 17.5 Å². The van der Waals surface area contributed by atoms with Gasteiger partial charge in [-0.1, -0.05) is 0 Å². The van der Waals surface area contributed by atoms with Crippen molar-refractivity contribution in [3.63, 3.8) is 0 Å². The zero-order valence-electron chi connectivity index (χ0n) is 5.18. The van der Waals surface area contributed by atoms with Gasteiger partial charge in [-0.15, -0.1) is 0 Å². The molecule has 8 heteroatoms. The molecule has 0 saturated carbocycles. The van der Waals surface area contributed by atoms with Gasteiger partial charge in [0.2, 0.25) is 0 Å². The highest BCUT2D eigenvalue weighted by atomic mass is 32.4. The van der Waals surface area contributed by atoms with Crippen LogP contribution in [0, 0.1) is 0 Å². The molecule has 62 valence electrons. The first-order valence-corrected chi connectivity index (χ1v) is 6.35. The Kier molecular flexibility index (Phi) is 2.95. The number of hydrogen-bond donors (Lipinski definition) is 3. The molecule has 0 bridgehead atoms. The third-order valence-electron chi connectivity index (χ3n) is 0.608. The molecular weight excluding hydrogens is 180 g/mol. The monoisotopic (exact) mass is 188 g/mol. The molecular formula is C2H8O6SSi. The molecule has 0 aromatic heterocycles. The van der Waals surface area contributed by atoms with E-state index in [1.807, 2.05) is 0 Å². The minimum Gasteiger partial charge on any atom is -0.377 e. The van der Waals surface area contributed by atoms with E-state index in [2.05, 4.69) is 4.18 Å². The third-order valence-corrected chi connectivity index (χ3v) is 4.19. The van der Waals surface area contributed by atoms with E-state index >= 15 is 0 Å². The zero-order chi connectivity index (χ0) is 8.41. The van der Waals surface area contributed by atoms with Gasteiger partial charge in [0, 0.05) is 0 Å². The quantitative estimate of drug-likeness (QED) is 0.433. The van der Waals surface area contributed by atoms with Gasteiger partial charge in [-0.05, 0) is 6.92 Å². The van der Waals surface area contributed by atoms with Crippen molar-refractivity contribution in [3.8, 4) is 0 Å². The van der Waals surface area contributed by atoms with E-state index in [0.717, 1.165) is 0 Å². The van der Waals surface area contributed by atoms with Crippen LogP contribution in [0.3, 0.4) is 0 Å². The molecule has 3 N–H and O–H groups in total. The van der Waals surface area contributed by atoms with Crippen molar-refractivity contribution in [2.75, 3.05) is 6.61 Å². The molecule has 0 aromatic carbocycles. The molecule has 6 nitrogen and oxygen atoms in total. The smallest absolute Gasteiger partial charge is 0.377 e. The molecule has 0 atom stereocenters. The van der Waals surface area contributed by atoms with E-state index in [0.29, 0.717) is 0 Å². The van der Waals surface area contributed by atoms with Crippen molar-refractivity contribution >= 4 is 17.5 Å². The minimum atomic E-state index is -5.16. The molecule has 0 aliphatic heterocycles. The lowest BCUT2D eigenvalue weighted by atomic mass is 10.9. The van der Waals surface area contributed by atoms with E-state index in [4.69, 9.17) is 14.4 Å². The SMILES string of the molecule is CCOS(=O)(=O)[Si](O)(O)O. The average molecular weight is 188 g/mol. The Morgan fingerprint density at radius 3 is 1.90 bits per heavy atom. The number of rotatable bonds is 3. The van der Waals surface area contributed by atoms with Crippen LogP contribution in [0.25, 0.3) is 0 Å². The fraction of sp³-hybridized carbons (Fsp3) is 1.00. The summed E-state index contributed by atoms with van der Waals surface area (Å²) >= 11 is 0. The first-order chi connectivity index (χ1) is 4.31. The Morgan fingerprint density at radius 1 is 1.40 bits per heavy atom. The van der Waals surface area contributed by atoms with Gasteiger partial charge in [-0.2, -0.15) is 8.42 Å². The van der Waals surface area contributed by atoms with Gasteiger partial charge in [0.15, 0.2) is 0 Å². The normalized spacial score (nSPS) is 13.6. The summed E-state index contributed by atoms with van der Waals surface area (Å²) in [5.41, 5.74) is 0. The molecule has 0 aliphatic rings. The number of hydrogen-bond acceptors (Lipinski definition) is 6. The highest BCUT2D eigenvalue weighted by Crippen LogP contribution is 2.02. The second-order valence-electron chi connectivity index (χ2n) is 1.43. The Labute approximate surface area is 58.8 Å². The molecule has 0 saturated heterocycles. The van der Waals surface area contributed by atoms with Crippen LogP contribution in [-0.4, -0.2) is 37.4 Å². The predicted octanol–water partition coefficient (Wildman–Crippen LogP) is -2.23. The lowest BCUT2D eigenvalue weighted by Crippen LogP contribution is -2.46. The highest BCUT2D eigenvalue weighted by molar-refractivity contribution is 8.15. The second-order valence-corrected chi connectivity index (χ2v) is 6.87. The maximum Gasteiger partial charge on any atom is 0.659 e. The summed E-state index contributed by atoms with van der Waals surface area (Å²) in [7, 11) is -9.70. The van der Waals surface area contributed by atoms with Gasteiger partial charge in [-0.25, -0.2) is 0 Å². The van der Waals surface area contributed by atoms with Crippen LogP contribution in [0.5, 0.6) is 0 Å². The lowest BCUT2D eigenvalue weighted by molar-refractivity contribution is 0.239. The average Bonchev–Trinajstić information content (AvgIpc) is 1.61. The van der Waals surface area contributed by atoms with Gasteiger partial charge < -0.3 is 14.4 Å². The van der Waals surface area contributed by atoms with Crippen molar-refractivity contribution in [2.24, 2.45) is 0 Å². The van der Waals surface area contributed by atoms with E-state index in [1.165, 1.54) is 6.92 Å². The van der Waals surface area contributed by atoms with Crippen molar-refractivity contribution < 1.29 is 27.0 Å². The molecule has 10 heavy (non-hydrogen) atoms. The fourth-order valence-electron chi connectivity index (χ4n) is 0.234. The Morgan fingerprint density at radius 2 is 1.80 bits per heavy atom. The van der Waals surface area contributed by atoms with Crippen molar-refractivity contribution in [1.29, 1.82) is 0 Å². The summed E-state index contributed by atoms with van der Waals surface area (Å²) in [5, 5.41) is 0. The molecule has 0 amide bonds.